The molecular formula is C26H29N3O2. The molecule has 0 saturated carbocycles. The topological polar surface area (TPSA) is 61.4 Å². The number of nitrogens with zero attached hydrogens (tertiary/aromatic N) is 1. The van der Waals surface area contributed by atoms with Crippen LogP contribution in [0, 0.1) is 6.92 Å². The SMILES string of the molecule is CCc1cccc(C)c1NC(=O)CNc1ccc(C(=O)N(CC)c2ccccc2)cc1. The van der Waals surface area contributed by atoms with Gasteiger partial charge in [0, 0.05) is 29.2 Å². The quantitative estimate of drug-likeness (QED) is 0.526. The number of hydrogen-bond donors (Lipinski definition) is 2. The van der Waals surface area contributed by atoms with Crippen molar-refractivity contribution in [3.8, 4) is 0 Å². The molecule has 0 aliphatic heterocycles. The van der Waals surface area contributed by atoms with Crippen LogP contribution in [0.4, 0.5) is 17.1 Å². The number of hydrogen-bond acceptors (Lipinski definition) is 3. The van der Waals surface area contributed by atoms with E-state index < -0.39 is 0 Å². The molecule has 31 heavy (non-hydrogen) atoms. The fraction of sp³-hybridized carbons (Fsp3) is 0.231. The molecule has 0 aliphatic rings. The largest absolute Gasteiger partial charge is 0.376 e. The molecule has 0 aliphatic carbocycles. The third-order valence-corrected chi connectivity index (χ3v) is 5.22. The number of aryl methyl sites for hydroxylation is 2. The number of rotatable bonds is 8. The normalized spacial score (nSPS) is 10.4. The van der Waals surface area contributed by atoms with Gasteiger partial charge in [0.15, 0.2) is 0 Å². The lowest BCUT2D eigenvalue weighted by Crippen LogP contribution is -2.30. The first kappa shape index (κ1) is 22.1. The highest BCUT2D eigenvalue weighted by Gasteiger charge is 2.16. The van der Waals surface area contributed by atoms with Crippen LogP contribution in [-0.2, 0) is 11.2 Å². The summed E-state index contributed by atoms with van der Waals surface area (Å²) in [6.07, 6.45) is 0.859. The molecule has 0 heterocycles. The van der Waals surface area contributed by atoms with Gasteiger partial charge in [-0.2, -0.15) is 0 Å². The zero-order valence-corrected chi connectivity index (χ0v) is 18.3. The molecule has 160 valence electrons. The van der Waals surface area contributed by atoms with Crippen LogP contribution in [0.15, 0.2) is 72.8 Å². The van der Waals surface area contributed by atoms with Gasteiger partial charge in [-0.15, -0.1) is 0 Å². The van der Waals surface area contributed by atoms with E-state index in [1.807, 2.05) is 74.5 Å². The zero-order chi connectivity index (χ0) is 22.2. The summed E-state index contributed by atoms with van der Waals surface area (Å²) in [4.78, 5) is 27.1. The van der Waals surface area contributed by atoms with Crippen LogP contribution in [0.5, 0.6) is 0 Å². The van der Waals surface area contributed by atoms with E-state index in [1.165, 1.54) is 0 Å². The van der Waals surface area contributed by atoms with Crippen molar-refractivity contribution in [2.75, 3.05) is 28.6 Å². The summed E-state index contributed by atoms with van der Waals surface area (Å²) < 4.78 is 0. The van der Waals surface area contributed by atoms with E-state index in [-0.39, 0.29) is 18.4 Å². The molecule has 0 aromatic heterocycles. The first-order valence-corrected chi connectivity index (χ1v) is 10.6. The number of carbonyl (C=O) groups excluding carboxylic acids is 2. The van der Waals surface area contributed by atoms with Gasteiger partial charge >= 0.3 is 0 Å². The minimum atomic E-state index is -0.106. The lowest BCUT2D eigenvalue weighted by atomic mass is 10.1. The lowest BCUT2D eigenvalue weighted by Gasteiger charge is -2.21. The van der Waals surface area contributed by atoms with Gasteiger partial charge in [-0.05, 0) is 67.8 Å². The van der Waals surface area contributed by atoms with Crippen LogP contribution < -0.4 is 15.5 Å². The number of amides is 2. The van der Waals surface area contributed by atoms with Crippen LogP contribution in [-0.4, -0.2) is 24.9 Å². The van der Waals surface area contributed by atoms with Crippen LogP contribution in [0.3, 0.4) is 0 Å². The number of carbonyl (C=O) groups is 2. The molecule has 0 unspecified atom stereocenters. The third kappa shape index (κ3) is 5.51. The number of para-hydroxylation sites is 2. The monoisotopic (exact) mass is 415 g/mol. The minimum absolute atomic E-state index is 0.0513. The first-order valence-electron chi connectivity index (χ1n) is 10.6. The first-order chi connectivity index (χ1) is 15.0. The Kier molecular flexibility index (Phi) is 7.44. The van der Waals surface area contributed by atoms with Crippen LogP contribution in [0.2, 0.25) is 0 Å². The molecule has 0 saturated heterocycles. The maximum Gasteiger partial charge on any atom is 0.258 e. The summed E-state index contributed by atoms with van der Waals surface area (Å²) in [5.41, 5.74) is 5.32. The van der Waals surface area contributed by atoms with E-state index in [0.29, 0.717) is 12.1 Å². The Morgan fingerprint density at radius 2 is 1.58 bits per heavy atom. The second kappa shape index (κ2) is 10.4. The minimum Gasteiger partial charge on any atom is -0.376 e. The van der Waals surface area contributed by atoms with Crippen molar-refractivity contribution in [1.29, 1.82) is 0 Å². The van der Waals surface area contributed by atoms with Crippen molar-refractivity contribution in [2.24, 2.45) is 0 Å². The molecular weight excluding hydrogens is 386 g/mol. The molecule has 2 amide bonds. The summed E-state index contributed by atoms with van der Waals surface area (Å²) in [5.74, 6) is -0.157. The maximum atomic E-state index is 12.9. The second-order valence-electron chi connectivity index (χ2n) is 7.33. The molecule has 0 atom stereocenters. The highest BCUT2D eigenvalue weighted by atomic mass is 16.2. The van der Waals surface area contributed by atoms with Gasteiger partial charge in [-0.25, -0.2) is 0 Å². The van der Waals surface area contributed by atoms with Gasteiger partial charge in [0.25, 0.3) is 5.91 Å². The smallest absolute Gasteiger partial charge is 0.258 e. The van der Waals surface area contributed by atoms with E-state index in [0.717, 1.165) is 34.6 Å². The van der Waals surface area contributed by atoms with Crippen molar-refractivity contribution in [1.82, 2.24) is 0 Å². The Morgan fingerprint density at radius 1 is 0.871 bits per heavy atom. The van der Waals surface area contributed by atoms with E-state index in [2.05, 4.69) is 17.6 Å². The van der Waals surface area contributed by atoms with Crippen molar-refractivity contribution < 1.29 is 9.59 Å². The Balaban J connectivity index is 1.61. The molecule has 5 nitrogen and oxygen atoms in total. The Bertz CT molecular complexity index is 1030. The molecule has 0 spiro atoms. The molecule has 3 aromatic rings. The summed E-state index contributed by atoms with van der Waals surface area (Å²) in [7, 11) is 0. The van der Waals surface area contributed by atoms with Crippen molar-refractivity contribution in [2.45, 2.75) is 27.2 Å². The average Bonchev–Trinajstić information content (AvgIpc) is 2.80. The van der Waals surface area contributed by atoms with Crippen LogP contribution in [0.1, 0.15) is 35.3 Å². The fourth-order valence-electron chi connectivity index (χ4n) is 3.51. The zero-order valence-electron chi connectivity index (χ0n) is 18.3. The molecule has 0 bridgehead atoms. The predicted octanol–water partition coefficient (Wildman–Crippen LogP) is 5.27. The summed E-state index contributed by atoms with van der Waals surface area (Å²) in [5, 5.41) is 6.13. The predicted molar refractivity (Wildman–Crippen MR) is 128 cm³/mol. The van der Waals surface area contributed by atoms with Gasteiger partial charge in [0.05, 0.1) is 6.54 Å². The second-order valence-corrected chi connectivity index (χ2v) is 7.33. The maximum absolute atomic E-state index is 12.9. The summed E-state index contributed by atoms with van der Waals surface area (Å²) in [6, 6.07) is 22.9. The molecule has 2 N–H and O–H groups in total. The highest BCUT2D eigenvalue weighted by molar-refractivity contribution is 6.06. The van der Waals surface area contributed by atoms with E-state index >= 15 is 0 Å². The summed E-state index contributed by atoms with van der Waals surface area (Å²) in [6.45, 7) is 6.76. The molecule has 5 heteroatoms. The van der Waals surface area contributed by atoms with Crippen LogP contribution >= 0.6 is 0 Å². The van der Waals surface area contributed by atoms with E-state index in [4.69, 9.17) is 0 Å². The average molecular weight is 416 g/mol. The fourth-order valence-corrected chi connectivity index (χ4v) is 3.51. The lowest BCUT2D eigenvalue weighted by molar-refractivity contribution is -0.114. The van der Waals surface area contributed by atoms with Gasteiger partial charge in [0.1, 0.15) is 0 Å². The van der Waals surface area contributed by atoms with Crippen molar-refractivity contribution >= 4 is 28.9 Å². The van der Waals surface area contributed by atoms with Crippen LogP contribution in [0.25, 0.3) is 0 Å². The Morgan fingerprint density at radius 3 is 2.23 bits per heavy atom. The third-order valence-electron chi connectivity index (χ3n) is 5.22. The number of anilines is 3. The highest BCUT2D eigenvalue weighted by Crippen LogP contribution is 2.21. The Labute approximate surface area is 184 Å². The Hall–Kier alpha value is -3.60. The van der Waals surface area contributed by atoms with Gasteiger partial charge in [0.2, 0.25) is 5.91 Å². The van der Waals surface area contributed by atoms with Gasteiger partial charge < -0.3 is 15.5 Å². The van der Waals surface area contributed by atoms with E-state index in [9.17, 15) is 9.59 Å². The molecule has 3 aromatic carbocycles. The number of nitrogens with one attached hydrogen (secondary N) is 2. The standard InChI is InChI=1S/C26H29N3O2/c1-4-20-11-9-10-19(3)25(20)28-24(30)18-27-22-16-14-21(15-17-22)26(31)29(5-2)23-12-7-6-8-13-23/h6-17,27H,4-5,18H2,1-3H3,(H,28,30). The van der Waals surface area contributed by atoms with Crippen molar-refractivity contribution in [3.05, 3.63) is 89.5 Å². The van der Waals surface area contributed by atoms with Gasteiger partial charge in [-0.3, -0.25) is 9.59 Å². The molecule has 0 radical (unpaired) electrons. The van der Waals surface area contributed by atoms with E-state index in [1.54, 1.807) is 17.0 Å². The molecule has 3 rings (SSSR count). The van der Waals surface area contributed by atoms with Crippen molar-refractivity contribution in [3.63, 3.8) is 0 Å². The van der Waals surface area contributed by atoms with Gasteiger partial charge in [-0.1, -0.05) is 43.3 Å². The number of benzene rings is 3. The summed E-state index contributed by atoms with van der Waals surface area (Å²) >= 11 is 0. The molecule has 0 fully saturated rings.